The van der Waals surface area contributed by atoms with Gasteiger partial charge in [0.05, 0.1) is 11.8 Å². The predicted octanol–water partition coefficient (Wildman–Crippen LogP) is 3.59. The monoisotopic (exact) mass is 394 g/mol. The van der Waals surface area contributed by atoms with Gasteiger partial charge in [0.2, 0.25) is 0 Å². The lowest BCUT2D eigenvalue weighted by atomic mass is 10.3. The summed E-state index contributed by atoms with van der Waals surface area (Å²) < 4.78 is 36.3. The number of nitrogens with zero attached hydrogens (tertiary/aromatic N) is 1. The summed E-state index contributed by atoms with van der Waals surface area (Å²) in [6, 6.07) is 5.16. The summed E-state index contributed by atoms with van der Waals surface area (Å²) in [4.78, 5) is 36.7. The van der Waals surface area contributed by atoms with Crippen LogP contribution in [0.4, 0.5) is 24.3 Å². The summed E-state index contributed by atoms with van der Waals surface area (Å²) in [5.74, 6) is -2.93. The van der Waals surface area contributed by atoms with E-state index in [2.05, 4.69) is 10.1 Å². The van der Waals surface area contributed by atoms with Gasteiger partial charge in [-0.15, -0.1) is 11.3 Å². The Morgan fingerprint density at radius 2 is 1.93 bits per heavy atom. The number of thiophene rings is 1. The van der Waals surface area contributed by atoms with E-state index in [9.17, 15) is 23.2 Å². The van der Waals surface area contributed by atoms with E-state index in [-0.39, 0.29) is 16.8 Å². The summed E-state index contributed by atoms with van der Waals surface area (Å²) in [7, 11) is 2.52. The number of esters is 1. The Morgan fingerprint density at radius 1 is 1.19 bits per heavy atom. The maximum Gasteiger partial charge on any atom is 0.351 e. The number of carbonyl (C=O) groups is 2. The van der Waals surface area contributed by atoms with Crippen molar-refractivity contribution in [2.45, 2.75) is 0 Å². The summed E-state index contributed by atoms with van der Waals surface area (Å²) in [5, 5.41) is 2.89. The first-order valence-electron chi connectivity index (χ1n) is 7.46. The number of halogens is 2. The van der Waals surface area contributed by atoms with Gasteiger partial charge >= 0.3 is 17.6 Å². The first-order chi connectivity index (χ1) is 12.8. The molecule has 0 radical (unpaired) electrons. The van der Waals surface area contributed by atoms with Crippen molar-refractivity contribution >= 4 is 44.3 Å². The van der Waals surface area contributed by atoms with Crippen LogP contribution in [0, 0.1) is 11.6 Å². The molecule has 2 heterocycles. The van der Waals surface area contributed by atoms with E-state index in [1.54, 1.807) is 0 Å². The van der Waals surface area contributed by atoms with Crippen LogP contribution in [0.5, 0.6) is 0 Å². The van der Waals surface area contributed by atoms with Crippen molar-refractivity contribution in [3.05, 3.63) is 57.9 Å². The summed E-state index contributed by atoms with van der Waals surface area (Å²) in [6.07, 6.45) is 0. The molecule has 1 N–H and O–H groups in total. The fourth-order valence-corrected chi connectivity index (χ4v) is 3.15. The van der Waals surface area contributed by atoms with Crippen LogP contribution in [0.2, 0.25) is 0 Å². The van der Waals surface area contributed by atoms with Gasteiger partial charge in [-0.3, -0.25) is 10.2 Å². The molecule has 10 heteroatoms. The van der Waals surface area contributed by atoms with Crippen LogP contribution < -0.4 is 15.8 Å². The number of rotatable bonds is 3. The number of hydrogen-bond acceptors (Lipinski definition) is 6. The van der Waals surface area contributed by atoms with Crippen LogP contribution >= 0.6 is 11.3 Å². The second-order valence-electron chi connectivity index (χ2n) is 5.37. The van der Waals surface area contributed by atoms with Gasteiger partial charge in [-0.05, 0) is 18.2 Å². The van der Waals surface area contributed by atoms with Crippen molar-refractivity contribution in [1.82, 2.24) is 0 Å². The average molecular weight is 394 g/mol. The number of anilines is 2. The summed E-state index contributed by atoms with van der Waals surface area (Å²) in [5.41, 5.74) is -0.789. The average Bonchev–Trinajstić information content (AvgIpc) is 3.02. The Hall–Kier alpha value is -3.27. The molecule has 3 aromatic rings. The largest absolute Gasteiger partial charge is 0.465 e. The molecule has 0 bridgehead atoms. The summed E-state index contributed by atoms with van der Waals surface area (Å²) in [6.45, 7) is 0. The molecular weight excluding hydrogens is 382 g/mol. The minimum absolute atomic E-state index is 0.145. The molecule has 0 saturated heterocycles. The van der Waals surface area contributed by atoms with Crippen LogP contribution in [0.25, 0.3) is 10.3 Å². The molecule has 0 aliphatic rings. The molecule has 27 heavy (non-hydrogen) atoms. The van der Waals surface area contributed by atoms with E-state index >= 15 is 0 Å². The van der Waals surface area contributed by atoms with Gasteiger partial charge in [0.25, 0.3) is 0 Å². The van der Waals surface area contributed by atoms with E-state index in [1.807, 2.05) is 0 Å². The number of carbonyl (C=O) groups excluding carboxylic acids is 2. The molecule has 2 aromatic heterocycles. The fourth-order valence-electron chi connectivity index (χ4n) is 2.23. The van der Waals surface area contributed by atoms with E-state index in [4.69, 9.17) is 4.42 Å². The molecule has 1 aromatic carbocycles. The number of nitrogens with one attached hydrogen (secondary N) is 1. The number of fused-ring (bicyclic) bond motifs is 1. The van der Waals surface area contributed by atoms with Crippen molar-refractivity contribution in [1.29, 1.82) is 0 Å². The molecule has 0 atom stereocenters. The molecule has 0 unspecified atom stereocenters. The second-order valence-corrected chi connectivity index (χ2v) is 6.45. The minimum atomic E-state index is -1.08. The highest BCUT2D eigenvalue weighted by atomic mass is 32.1. The number of methoxy groups -OCH3 is 1. The zero-order chi connectivity index (χ0) is 19.7. The van der Waals surface area contributed by atoms with E-state index in [0.29, 0.717) is 9.70 Å². The molecule has 0 spiro atoms. The van der Waals surface area contributed by atoms with Crippen molar-refractivity contribution in [3.8, 4) is 0 Å². The molecule has 0 aliphatic carbocycles. The minimum Gasteiger partial charge on any atom is -0.465 e. The normalized spacial score (nSPS) is 10.7. The number of benzene rings is 1. The van der Waals surface area contributed by atoms with Crippen LogP contribution in [0.15, 0.2) is 39.5 Å². The van der Waals surface area contributed by atoms with Crippen molar-refractivity contribution in [2.75, 3.05) is 24.4 Å². The number of urea groups is 1. The number of ether oxygens (including phenoxy) is 1. The van der Waals surface area contributed by atoms with Gasteiger partial charge in [0.1, 0.15) is 10.6 Å². The SMILES string of the molecule is COC(=O)c1cc2sc(NC(=O)N(C)c3ccc(F)c(F)c3)cc2oc1=O. The zero-order valence-electron chi connectivity index (χ0n) is 14.0. The Morgan fingerprint density at radius 3 is 2.59 bits per heavy atom. The lowest BCUT2D eigenvalue weighted by Gasteiger charge is -2.17. The van der Waals surface area contributed by atoms with E-state index < -0.39 is 29.3 Å². The molecule has 7 nitrogen and oxygen atoms in total. The highest BCUT2D eigenvalue weighted by molar-refractivity contribution is 7.22. The van der Waals surface area contributed by atoms with Crippen molar-refractivity contribution in [3.63, 3.8) is 0 Å². The molecular formula is C17H12F2N2O5S. The van der Waals surface area contributed by atoms with Gasteiger partial charge in [0.15, 0.2) is 17.2 Å². The van der Waals surface area contributed by atoms with E-state index in [1.165, 1.54) is 25.2 Å². The lowest BCUT2D eigenvalue weighted by Crippen LogP contribution is -2.30. The van der Waals surface area contributed by atoms with Gasteiger partial charge in [-0.25, -0.2) is 23.2 Å². The molecule has 0 fully saturated rings. The molecule has 3 rings (SSSR count). The van der Waals surface area contributed by atoms with Gasteiger partial charge < -0.3 is 9.15 Å². The summed E-state index contributed by atoms with van der Waals surface area (Å²) >= 11 is 1.06. The maximum absolute atomic E-state index is 13.3. The lowest BCUT2D eigenvalue weighted by molar-refractivity contribution is 0.0596. The molecule has 140 valence electrons. The fraction of sp³-hybridized carbons (Fsp3) is 0.118. The highest BCUT2D eigenvalue weighted by Gasteiger charge is 2.18. The third kappa shape index (κ3) is 3.65. The number of hydrogen-bond donors (Lipinski definition) is 1. The molecule has 0 saturated carbocycles. The van der Waals surface area contributed by atoms with Gasteiger partial charge in [-0.2, -0.15) is 0 Å². The quantitative estimate of drug-likeness (QED) is 0.686. The Labute approximate surface area is 154 Å². The smallest absolute Gasteiger partial charge is 0.351 e. The third-order valence-corrected chi connectivity index (χ3v) is 4.63. The maximum atomic E-state index is 13.3. The Bertz CT molecular complexity index is 1110. The van der Waals surface area contributed by atoms with Crippen molar-refractivity contribution < 1.29 is 27.5 Å². The van der Waals surface area contributed by atoms with E-state index in [0.717, 1.165) is 35.5 Å². The Kier molecular flexibility index (Phi) is 4.91. The van der Waals surface area contributed by atoms with Gasteiger partial charge in [-0.1, -0.05) is 0 Å². The van der Waals surface area contributed by atoms with Crippen LogP contribution in [0.1, 0.15) is 10.4 Å². The van der Waals surface area contributed by atoms with Crippen LogP contribution in [0.3, 0.4) is 0 Å². The second kappa shape index (κ2) is 7.16. The first-order valence-corrected chi connectivity index (χ1v) is 8.27. The first kappa shape index (κ1) is 18.5. The third-order valence-electron chi connectivity index (χ3n) is 3.65. The molecule has 0 aliphatic heterocycles. The van der Waals surface area contributed by atoms with Crippen LogP contribution in [-0.2, 0) is 4.74 Å². The number of amides is 2. The topological polar surface area (TPSA) is 88.8 Å². The highest BCUT2D eigenvalue weighted by Crippen LogP contribution is 2.30. The Balaban J connectivity index is 1.85. The van der Waals surface area contributed by atoms with Crippen molar-refractivity contribution in [2.24, 2.45) is 0 Å². The standard InChI is InChI=1S/C17H12F2N2O5S/c1-21(8-3-4-10(18)11(19)5-8)17(24)20-14-7-12-13(27-14)6-9(15(22)25-2)16(23)26-12/h3-7H,1-2H3,(H,20,24). The van der Waals surface area contributed by atoms with Gasteiger partial charge in [0, 0.05) is 24.9 Å². The predicted molar refractivity (Wildman–Crippen MR) is 95.5 cm³/mol. The zero-order valence-corrected chi connectivity index (χ0v) is 14.9. The van der Waals surface area contributed by atoms with Crippen LogP contribution in [-0.4, -0.2) is 26.2 Å². The molecule has 2 amide bonds.